The van der Waals surface area contributed by atoms with E-state index >= 15 is 0 Å². The third-order valence-corrected chi connectivity index (χ3v) is 5.15. The number of aromatic carboxylic acids is 1. The highest BCUT2D eigenvalue weighted by Gasteiger charge is 2.11. The second-order valence-electron chi connectivity index (χ2n) is 6.92. The van der Waals surface area contributed by atoms with Gasteiger partial charge in [-0.1, -0.05) is 60.1 Å². The Bertz CT molecular complexity index is 1310. The number of rotatable bonds is 5. The number of hydrogen-bond acceptors (Lipinski definition) is 2. The normalized spacial score (nSPS) is 11.4. The van der Waals surface area contributed by atoms with Crippen molar-refractivity contribution in [3.8, 4) is 6.07 Å². The predicted molar refractivity (Wildman–Crippen MR) is 119 cm³/mol. The van der Waals surface area contributed by atoms with Crippen LogP contribution >= 0.6 is 11.6 Å². The summed E-state index contributed by atoms with van der Waals surface area (Å²) < 4.78 is 2.10. The molecule has 3 aromatic carbocycles. The van der Waals surface area contributed by atoms with E-state index in [0.717, 1.165) is 22.0 Å². The summed E-state index contributed by atoms with van der Waals surface area (Å²) in [6.45, 7) is 0.669. The summed E-state index contributed by atoms with van der Waals surface area (Å²) in [6.07, 6.45) is 3.78. The molecule has 0 radical (unpaired) electrons. The van der Waals surface area contributed by atoms with E-state index in [1.807, 2.05) is 42.6 Å². The monoisotopic (exact) mass is 412 g/mol. The van der Waals surface area contributed by atoms with Crippen LogP contribution in [-0.4, -0.2) is 15.6 Å². The summed E-state index contributed by atoms with van der Waals surface area (Å²) in [5, 5.41) is 20.6. The molecule has 0 amide bonds. The van der Waals surface area contributed by atoms with Gasteiger partial charge in [-0.25, -0.2) is 4.79 Å². The van der Waals surface area contributed by atoms with Crippen LogP contribution in [0, 0.1) is 11.3 Å². The first-order valence-electron chi connectivity index (χ1n) is 9.33. The average molecular weight is 413 g/mol. The van der Waals surface area contributed by atoms with Crippen molar-refractivity contribution in [3.05, 3.63) is 106 Å². The zero-order valence-corrected chi connectivity index (χ0v) is 16.7. The Balaban J connectivity index is 1.83. The average Bonchev–Trinajstić information content (AvgIpc) is 3.09. The fourth-order valence-electron chi connectivity index (χ4n) is 3.47. The first kappa shape index (κ1) is 19.5. The largest absolute Gasteiger partial charge is 0.478 e. The molecule has 0 fully saturated rings. The highest BCUT2D eigenvalue weighted by Crippen LogP contribution is 2.29. The van der Waals surface area contributed by atoms with Crippen molar-refractivity contribution < 1.29 is 9.90 Å². The minimum absolute atomic E-state index is 0.145. The van der Waals surface area contributed by atoms with Gasteiger partial charge in [0.1, 0.15) is 0 Å². The summed E-state index contributed by atoms with van der Waals surface area (Å²) in [6, 6.07) is 24.4. The van der Waals surface area contributed by atoms with Crippen LogP contribution in [0.3, 0.4) is 0 Å². The Morgan fingerprint density at radius 1 is 1.03 bits per heavy atom. The third kappa shape index (κ3) is 3.98. The van der Waals surface area contributed by atoms with E-state index in [9.17, 15) is 15.2 Å². The number of carboxylic acids is 1. The molecule has 146 valence electrons. The molecule has 0 bridgehead atoms. The summed E-state index contributed by atoms with van der Waals surface area (Å²) >= 11 is 6.24. The number of aromatic nitrogens is 1. The number of halogens is 1. The Morgan fingerprint density at radius 3 is 2.53 bits per heavy atom. The van der Waals surface area contributed by atoms with Crippen LogP contribution in [0.1, 0.15) is 27.0 Å². The Kier molecular flexibility index (Phi) is 5.38. The maximum Gasteiger partial charge on any atom is 0.335 e. The van der Waals surface area contributed by atoms with E-state index in [-0.39, 0.29) is 5.56 Å². The van der Waals surface area contributed by atoms with Crippen LogP contribution in [0.4, 0.5) is 0 Å². The summed E-state index contributed by atoms with van der Waals surface area (Å²) in [5.41, 5.74) is 4.10. The zero-order valence-electron chi connectivity index (χ0n) is 15.9. The molecule has 0 aliphatic carbocycles. The lowest BCUT2D eigenvalue weighted by molar-refractivity contribution is 0.0697. The minimum Gasteiger partial charge on any atom is -0.478 e. The number of benzene rings is 3. The van der Waals surface area contributed by atoms with Crippen LogP contribution in [0.25, 0.3) is 22.6 Å². The number of carboxylic acid groups (broad SMARTS) is 1. The van der Waals surface area contributed by atoms with Crippen molar-refractivity contribution in [2.24, 2.45) is 0 Å². The summed E-state index contributed by atoms with van der Waals surface area (Å²) in [4.78, 5) is 11.3. The number of nitrogens with zero attached hydrogens (tertiary/aromatic N) is 2. The topological polar surface area (TPSA) is 66.0 Å². The molecule has 1 heterocycles. The van der Waals surface area contributed by atoms with Gasteiger partial charge in [0.25, 0.3) is 0 Å². The number of allylic oxidation sites excluding steroid dienone is 1. The molecule has 0 unspecified atom stereocenters. The second-order valence-corrected chi connectivity index (χ2v) is 7.35. The third-order valence-electron chi connectivity index (χ3n) is 4.91. The van der Waals surface area contributed by atoms with Crippen molar-refractivity contribution >= 4 is 40.1 Å². The van der Waals surface area contributed by atoms with Gasteiger partial charge < -0.3 is 9.67 Å². The SMILES string of the molecule is N#C/C(=C\c1cn(Cc2ccccc2)c2cc(Cl)ccc12)c1cccc(C(=O)O)c1. The van der Waals surface area contributed by atoms with E-state index in [0.29, 0.717) is 22.7 Å². The standard InChI is InChI=1S/C25H17ClN2O2/c26-22-9-10-23-21(12-20(14-27)18-7-4-8-19(11-18)25(29)30)16-28(24(23)13-22)15-17-5-2-1-3-6-17/h1-13,16H,15H2,(H,29,30)/b20-12+. The van der Waals surface area contributed by atoms with E-state index in [1.165, 1.54) is 12.1 Å². The van der Waals surface area contributed by atoms with Crippen LogP contribution in [0.2, 0.25) is 5.02 Å². The van der Waals surface area contributed by atoms with Gasteiger partial charge in [-0.3, -0.25) is 0 Å². The van der Waals surface area contributed by atoms with E-state index in [2.05, 4.69) is 22.8 Å². The molecule has 0 aliphatic rings. The molecule has 5 heteroatoms. The molecule has 4 nitrogen and oxygen atoms in total. The Hall–Kier alpha value is -3.81. The van der Waals surface area contributed by atoms with Crippen LogP contribution in [-0.2, 0) is 6.54 Å². The lowest BCUT2D eigenvalue weighted by atomic mass is 10.0. The van der Waals surface area contributed by atoms with Crippen molar-refractivity contribution in [2.75, 3.05) is 0 Å². The van der Waals surface area contributed by atoms with Gasteiger partial charge in [-0.2, -0.15) is 5.26 Å². The first-order chi connectivity index (χ1) is 14.5. The highest BCUT2D eigenvalue weighted by atomic mass is 35.5. The van der Waals surface area contributed by atoms with Crippen LogP contribution in [0.15, 0.2) is 79.0 Å². The molecular weight excluding hydrogens is 396 g/mol. The van der Waals surface area contributed by atoms with Gasteiger partial charge in [0.15, 0.2) is 0 Å². The molecule has 30 heavy (non-hydrogen) atoms. The molecule has 4 rings (SSSR count). The smallest absolute Gasteiger partial charge is 0.335 e. The zero-order chi connectivity index (χ0) is 21.1. The van der Waals surface area contributed by atoms with Gasteiger partial charge >= 0.3 is 5.97 Å². The van der Waals surface area contributed by atoms with Crippen molar-refractivity contribution in [1.82, 2.24) is 4.57 Å². The first-order valence-corrected chi connectivity index (χ1v) is 9.71. The van der Waals surface area contributed by atoms with Gasteiger partial charge in [-0.05, 0) is 41.5 Å². The van der Waals surface area contributed by atoms with E-state index in [1.54, 1.807) is 18.2 Å². The maximum absolute atomic E-state index is 11.3. The van der Waals surface area contributed by atoms with Crippen molar-refractivity contribution in [2.45, 2.75) is 6.54 Å². The molecule has 4 aromatic rings. The molecule has 1 aromatic heterocycles. The summed E-state index contributed by atoms with van der Waals surface area (Å²) in [5.74, 6) is -1.02. The van der Waals surface area contributed by atoms with Gasteiger partial charge in [-0.15, -0.1) is 0 Å². The molecule has 1 N–H and O–H groups in total. The second kappa shape index (κ2) is 8.28. The molecule has 0 saturated carbocycles. The predicted octanol–water partition coefficient (Wildman–Crippen LogP) is 6.11. The summed E-state index contributed by atoms with van der Waals surface area (Å²) in [7, 11) is 0. The van der Waals surface area contributed by atoms with Crippen LogP contribution in [0.5, 0.6) is 0 Å². The number of hydrogen-bond donors (Lipinski definition) is 1. The lowest BCUT2D eigenvalue weighted by Gasteiger charge is -2.05. The molecular formula is C25H17ClN2O2. The van der Waals surface area contributed by atoms with Crippen molar-refractivity contribution in [1.29, 1.82) is 5.26 Å². The molecule has 0 aliphatic heterocycles. The number of nitriles is 1. The molecule has 0 spiro atoms. The molecule has 0 saturated heterocycles. The Morgan fingerprint density at radius 2 is 1.80 bits per heavy atom. The van der Waals surface area contributed by atoms with Gasteiger partial charge in [0.2, 0.25) is 0 Å². The number of fused-ring (bicyclic) bond motifs is 1. The van der Waals surface area contributed by atoms with Crippen LogP contribution < -0.4 is 0 Å². The fraction of sp³-hybridized carbons (Fsp3) is 0.0400. The highest BCUT2D eigenvalue weighted by molar-refractivity contribution is 6.31. The molecule has 0 atom stereocenters. The Labute approximate surface area is 178 Å². The van der Waals surface area contributed by atoms with Gasteiger partial charge in [0.05, 0.1) is 22.7 Å². The lowest BCUT2D eigenvalue weighted by Crippen LogP contribution is -1.97. The quantitative estimate of drug-likeness (QED) is 0.402. The number of carbonyl (C=O) groups is 1. The van der Waals surface area contributed by atoms with Crippen molar-refractivity contribution in [3.63, 3.8) is 0 Å². The van der Waals surface area contributed by atoms with E-state index in [4.69, 9.17) is 11.6 Å². The van der Waals surface area contributed by atoms with E-state index < -0.39 is 5.97 Å². The fourth-order valence-corrected chi connectivity index (χ4v) is 3.64. The van der Waals surface area contributed by atoms with Gasteiger partial charge in [0, 0.05) is 28.7 Å². The minimum atomic E-state index is -1.02. The maximum atomic E-state index is 11.3.